The van der Waals surface area contributed by atoms with E-state index >= 15 is 0 Å². The van der Waals surface area contributed by atoms with Crippen molar-refractivity contribution in [3.8, 4) is 0 Å². The number of aromatic nitrogens is 4. The Labute approximate surface area is 217 Å². The molecule has 0 bridgehead atoms. The number of imidazole rings is 1. The van der Waals surface area contributed by atoms with Gasteiger partial charge in [0, 0.05) is 6.42 Å². The maximum absolute atomic E-state index is 12.4. The minimum atomic E-state index is -1.35. The maximum Gasteiger partial charge on any atom is 0.239 e. The van der Waals surface area contributed by atoms with Gasteiger partial charge in [0.05, 0.1) is 25.0 Å². The standard InChI is InChI=1S/C25H41N7O5/c1-3-4-5-6-7-8-9-10-11-12-17(33)26-13-18(34)31-19-16(2)37-25(22(36)21(19)35)32-24-20-23(28-14-27-20)29-15-30-24/h14-16,19,21-22,25,35-36H,3-13H2,1-2H3,(H,26,33)(H,31,34)(H2,27,28,29,30,32)/t16-,19+,21-,22-,25+/m1/s1. The lowest BCUT2D eigenvalue weighted by molar-refractivity contribution is -0.172. The number of aliphatic hydroxyl groups is 2. The summed E-state index contributed by atoms with van der Waals surface area (Å²) in [6.45, 7) is 3.69. The van der Waals surface area contributed by atoms with Crippen LogP contribution in [0.25, 0.3) is 11.2 Å². The van der Waals surface area contributed by atoms with Crippen LogP contribution in [0.4, 0.5) is 5.82 Å². The number of nitrogens with zero attached hydrogens (tertiary/aromatic N) is 3. The number of hydrogen-bond acceptors (Lipinski definition) is 9. The molecule has 0 saturated carbocycles. The van der Waals surface area contributed by atoms with Crippen LogP contribution in [0.1, 0.15) is 78.1 Å². The zero-order valence-electron chi connectivity index (χ0n) is 21.8. The number of carbonyl (C=O) groups excluding carboxylic acids is 2. The van der Waals surface area contributed by atoms with E-state index < -0.39 is 36.5 Å². The van der Waals surface area contributed by atoms with Gasteiger partial charge in [-0.2, -0.15) is 0 Å². The first-order chi connectivity index (χ1) is 17.9. The molecular weight excluding hydrogens is 478 g/mol. The molecule has 3 rings (SSSR count). The van der Waals surface area contributed by atoms with Crippen LogP contribution in [0, 0.1) is 0 Å². The predicted molar refractivity (Wildman–Crippen MR) is 138 cm³/mol. The maximum atomic E-state index is 12.4. The molecule has 2 amide bonds. The molecule has 12 nitrogen and oxygen atoms in total. The van der Waals surface area contributed by atoms with E-state index in [1.54, 1.807) is 6.92 Å². The van der Waals surface area contributed by atoms with Gasteiger partial charge in [-0.25, -0.2) is 15.0 Å². The topological polar surface area (TPSA) is 174 Å². The fraction of sp³-hybridized carbons (Fsp3) is 0.720. The Morgan fingerprint density at radius 2 is 1.68 bits per heavy atom. The van der Waals surface area contributed by atoms with E-state index in [9.17, 15) is 19.8 Å². The highest BCUT2D eigenvalue weighted by Gasteiger charge is 2.43. The van der Waals surface area contributed by atoms with E-state index in [-0.39, 0.29) is 12.5 Å². The summed E-state index contributed by atoms with van der Waals surface area (Å²) in [6.07, 6.45) is 9.45. The smallest absolute Gasteiger partial charge is 0.239 e. The quantitative estimate of drug-likeness (QED) is 0.192. The van der Waals surface area contributed by atoms with Crippen molar-refractivity contribution in [3.63, 3.8) is 0 Å². The number of H-pyrrole nitrogens is 1. The Morgan fingerprint density at radius 1 is 0.973 bits per heavy atom. The van der Waals surface area contributed by atoms with Crippen molar-refractivity contribution in [2.75, 3.05) is 11.9 Å². The SMILES string of the molecule is CCCCCCCCCCCC(=O)NCC(=O)N[C@@H]1[C@@H](O)[C@@H](O)[C@@H](Nc2ncnc3nc[nH]c23)O[C@@H]1C. The highest BCUT2D eigenvalue weighted by atomic mass is 16.5. The third kappa shape index (κ3) is 8.61. The van der Waals surface area contributed by atoms with Gasteiger partial charge in [-0.3, -0.25) is 9.59 Å². The summed E-state index contributed by atoms with van der Waals surface area (Å²) in [7, 11) is 0. The van der Waals surface area contributed by atoms with E-state index in [4.69, 9.17) is 4.74 Å². The third-order valence-electron chi connectivity index (χ3n) is 6.68. The average molecular weight is 520 g/mol. The molecule has 0 radical (unpaired) electrons. The van der Waals surface area contributed by atoms with Crippen molar-refractivity contribution in [1.29, 1.82) is 0 Å². The van der Waals surface area contributed by atoms with E-state index in [0.717, 1.165) is 19.3 Å². The molecule has 37 heavy (non-hydrogen) atoms. The normalized spacial score (nSPS) is 23.6. The van der Waals surface area contributed by atoms with Crippen LogP contribution < -0.4 is 16.0 Å². The lowest BCUT2D eigenvalue weighted by Gasteiger charge is -2.42. The van der Waals surface area contributed by atoms with Gasteiger partial charge in [0.2, 0.25) is 11.8 Å². The Morgan fingerprint density at radius 3 is 2.41 bits per heavy atom. The molecule has 0 aliphatic carbocycles. The van der Waals surface area contributed by atoms with Crippen LogP contribution >= 0.6 is 0 Å². The number of hydrogen-bond donors (Lipinski definition) is 6. The van der Waals surface area contributed by atoms with Gasteiger partial charge in [0.15, 0.2) is 17.7 Å². The Kier molecular flexibility index (Phi) is 11.5. The molecule has 0 spiro atoms. The summed E-state index contributed by atoms with van der Waals surface area (Å²) in [5.41, 5.74) is 0.982. The van der Waals surface area contributed by atoms with Gasteiger partial charge in [-0.05, 0) is 13.3 Å². The fourth-order valence-electron chi connectivity index (χ4n) is 4.50. The fourth-order valence-corrected chi connectivity index (χ4v) is 4.50. The third-order valence-corrected chi connectivity index (χ3v) is 6.68. The number of fused-ring (bicyclic) bond motifs is 1. The number of amides is 2. The van der Waals surface area contributed by atoms with Gasteiger partial charge < -0.3 is 35.9 Å². The van der Waals surface area contributed by atoms with Crippen molar-refractivity contribution in [2.45, 2.75) is 109 Å². The van der Waals surface area contributed by atoms with Crippen LogP contribution in [0.5, 0.6) is 0 Å². The molecule has 12 heteroatoms. The lowest BCUT2D eigenvalue weighted by Crippen LogP contribution is -2.64. The molecule has 5 atom stereocenters. The van der Waals surface area contributed by atoms with Crippen LogP contribution in [-0.4, -0.2) is 79.1 Å². The number of nitrogens with one attached hydrogen (secondary N) is 4. The van der Waals surface area contributed by atoms with Gasteiger partial charge >= 0.3 is 0 Å². The highest BCUT2D eigenvalue weighted by Crippen LogP contribution is 2.24. The molecule has 2 aromatic heterocycles. The largest absolute Gasteiger partial charge is 0.388 e. The van der Waals surface area contributed by atoms with Gasteiger partial charge in [-0.15, -0.1) is 0 Å². The summed E-state index contributed by atoms with van der Waals surface area (Å²) in [4.78, 5) is 39.6. The average Bonchev–Trinajstić information content (AvgIpc) is 3.37. The number of aromatic amines is 1. The number of ether oxygens (including phenoxy) is 1. The Balaban J connectivity index is 1.35. The summed E-state index contributed by atoms with van der Waals surface area (Å²) >= 11 is 0. The molecular formula is C25H41N7O5. The number of aliphatic hydroxyl groups excluding tert-OH is 2. The van der Waals surface area contributed by atoms with Crippen LogP contribution in [-0.2, 0) is 14.3 Å². The lowest BCUT2D eigenvalue weighted by atomic mass is 9.96. The monoisotopic (exact) mass is 519 g/mol. The molecule has 1 saturated heterocycles. The first-order valence-corrected chi connectivity index (χ1v) is 13.4. The van der Waals surface area contributed by atoms with Gasteiger partial charge in [0.25, 0.3) is 0 Å². The highest BCUT2D eigenvalue weighted by molar-refractivity contribution is 5.85. The molecule has 3 heterocycles. The van der Waals surface area contributed by atoms with Crippen molar-refractivity contribution in [3.05, 3.63) is 12.7 Å². The van der Waals surface area contributed by atoms with Gasteiger partial charge in [-0.1, -0.05) is 58.3 Å². The van der Waals surface area contributed by atoms with Crippen LogP contribution in [0.15, 0.2) is 12.7 Å². The number of rotatable bonds is 15. The summed E-state index contributed by atoms with van der Waals surface area (Å²) in [6, 6.07) is -0.854. The molecule has 206 valence electrons. The number of unbranched alkanes of at least 4 members (excludes halogenated alkanes) is 8. The first kappa shape index (κ1) is 28.7. The molecule has 1 aliphatic rings. The van der Waals surface area contributed by atoms with Crippen LogP contribution in [0.2, 0.25) is 0 Å². The minimum absolute atomic E-state index is 0.175. The second kappa shape index (κ2) is 14.8. The van der Waals surface area contributed by atoms with Gasteiger partial charge in [0.1, 0.15) is 24.1 Å². The van der Waals surface area contributed by atoms with Crippen molar-refractivity contribution in [2.24, 2.45) is 0 Å². The molecule has 2 aromatic rings. The number of carbonyl (C=O) groups is 2. The molecule has 0 unspecified atom stereocenters. The zero-order valence-corrected chi connectivity index (χ0v) is 21.8. The molecule has 0 aromatic carbocycles. The molecule has 1 aliphatic heterocycles. The second-order valence-corrected chi connectivity index (χ2v) is 9.66. The van der Waals surface area contributed by atoms with E-state index in [1.807, 2.05) is 0 Å². The zero-order chi connectivity index (χ0) is 26.6. The van der Waals surface area contributed by atoms with Crippen molar-refractivity contribution >= 4 is 28.8 Å². The molecule has 1 fully saturated rings. The summed E-state index contributed by atoms with van der Waals surface area (Å²) in [5.74, 6) is -0.275. The van der Waals surface area contributed by atoms with Crippen LogP contribution in [0.3, 0.4) is 0 Å². The Hall–Kier alpha value is -2.83. The summed E-state index contributed by atoms with van der Waals surface area (Å²) < 4.78 is 5.83. The van der Waals surface area contributed by atoms with Crippen molar-refractivity contribution in [1.82, 2.24) is 30.6 Å². The second-order valence-electron chi connectivity index (χ2n) is 9.66. The molecule has 6 N–H and O–H groups in total. The summed E-state index contributed by atoms with van der Waals surface area (Å²) in [5, 5.41) is 29.5. The predicted octanol–water partition coefficient (Wildman–Crippen LogP) is 1.75. The van der Waals surface area contributed by atoms with Crippen molar-refractivity contribution < 1.29 is 24.5 Å². The van der Waals surface area contributed by atoms with E-state index in [2.05, 4.69) is 42.8 Å². The minimum Gasteiger partial charge on any atom is -0.388 e. The number of anilines is 1. The Bertz CT molecular complexity index is 987. The van der Waals surface area contributed by atoms with E-state index in [0.29, 0.717) is 23.4 Å². The van der Waals surface area contributed by atoms with E-state index in [1.165, 1.54) is 51.2 Å². The first-order valence-electron chi connectivity index (χ1n) is 13.4.